The highest BCUT2D eigenvalue weighted by atomic mass is 19.1. The number of ether oxygens (including phenoxy) is 2. The second-order valence-corrected chi connectivity index (χ2v) is 7.24. The van der Waals surface area contributed by atoms with Gasteiger partial charge in [-0.05, 0) is 36.8 Å². The van der Waals surface area contributed by atoms with Crippen LogP contribution in [0.25, 0.3) is 22.4 Å². The summed E-state index contributed by atoms with van der Waals surface area (Å²) in [5.74, 6) is 1.35. The van der Waals surface area contributed by atoms with E-state index >= 15 is 0 Å². The van der Waals surface area contributed by atoms with Gasteiger partial charge in [0.2, 0.25) is 12.7 Å². The molecule has 4 aromatic rings. The van der Waals surface area contributed by atoms with Crippen molar-refractivity contribution in [3.8, 4) is 11.4 Å². The first-order chi connectivity index (χ1) is 15.1. The Kier molecular flexibility index (Phi) is 4.74. The van der Waals surface area contributed by atoms with Crippen molar-refractivity contribution in [1.82, 2.24) is 19.7 Å². The summed E-state index contributed by atoms with van der Waals surface area (Å²) >= 11 is 0. The molecule has 7 nitrogen and oxygen atoms in total. The zero-order valence-corrected chi connectivity index (χ0v) is 17.1. The lowest BCUT2D eigenvalue weighted by atomic mass is 10.2. The number of fused-ring (bicyclic) bond motifs is 1. The van der Waals surface area contributed by atoms with Gasteiger partial charge in [0.05, 0.1) is 12.2 Å². The number of benzene rings is 2. The first-order valence-electron chi connectivity index (χ1n) is 9.83. The van der Waals surface area contributed by atoms with E-state index in [0.717, 1.165) is 22.3 Å². The first-order valence-corrected chi connectivity index (χ1v) is 9.83. The van der Waals surface area contributed by atoms with Gasteiger partial charge >= 0.3 is 0 Å². The minimum Gasteiger partial charge on any atom is -0.459 e. The fourth-order valence-corrected chi connectivity index (χ4v) is 3.63. The third kappa shape index (κ3) is 3.56. The summed E-state index contributed by atoms with van der Waals surface area (Å²) in [7, 11) is 1.86. The van der Waals surface area contributed by atoms with Crippen LogP contribution in [0.2, 0.25) is 0 Å². The fraction of sp³-hybridized carbons (Fsp3) is 0.174. The molecule has 0 unspecified atom stereocenters. The number of rotatable bonds is 5. The molecule has 2 aromatic carbocycles. The molecule has 5 rings (SSSR count). The Balaban J connectivity index is 1.72. The molecule has 0 bridgehead atoms. The Labute approximate surface area is 178 Å². The predicted octanol–water partition coefficient (Wildman–Crippen LogP) is 4.29. The molecule has 0 fully saturated rings. The van der Waals surface area contributed by atoms with Crippen LogP contribution in [0.15, 0.2) is 66.7 Å². The normalized spacial score (nSPS) is 13.1. The van der Waals surface area contributed by atoms with Gasteiger partial charge in [0.1, 0.15) is 23.1 Å². The van der Waals surface area contributed by atoms with E-state index in [1.54, 1.807) is 23.1 Å². The van der Waals surface area contributed by atoms with E-state index in [1.807, 2.05) is 49.2 Å². The van der Waals surface area contributed by atoms with Crippen LogP contribution in [0, 0.1) is 12.7 Å². The third-order valence-corrected chi connectivity index (χ3v) is 5.10. The van der Waals surface area contributed by atoms with Crippen LogP contribution < -0.4 is 4.90 Å². The lowest BCUT2D eigenvalue weighted by Gasteiger charge is -2.24. The van der Waals surface area contributed by atoms with Crippen molar-refractivity contribution in [2.24, 2.45) is 7.05 Å². The molecule has 3 heterocycles. The molecule has 156 valence electrons. The molecule has 1 aliphatic heterocycles. The van der Waals surface area contributed by atoms with Crippen LogP contribution in [-0.2, 0) is 23.1 Å². The first kappa shape index (κ1) is 19.0. The second kappa shape index (κ2) is 7.71. The molecular formula is C23H20FN5O2. The van der Waals surface area contributed by atoms with Crippen LogP contribution in [0.1, 0.15) is 11.3 Å². The van der Waals surface area contributed by atoms with E-state index in [0.29, 0.717) is 29.6 Å². The SMILES string of the molecule is Cc1nn(C)c2c(N(Cc3ccccc3)C3=COCO3)nc(-c3ccc(F)cc3)nc12. The fourth-order valence-electron chi connectivity index (χ4n) is 3.63. The highest BCUT2D eigenvalue weighted by Gasteiger charge is 2.26. The average molecular weight is 417 g/mol. The van der Waals surface area contributed by atoms with Crippen molar-refractivity contribution in [3.05, 3.63) is 83.8 Å². The molecule has 0 spiro atoms. The van der Waals surface area contributed by atoms with Crippen molar-refractivity contribution in [1.29, 1.82) is 0 Å². The van der Waals surface area contributed by atoms with Crippen molar-refractivity contribution in [2.45, 2.75) is 13.5 Å². The van der Waals surface area contributed by atoms with Gasteiger partial charge in [0.15, 0.2) is 11.6 Å². The largest absolute Gasteiger partial charge is 0.459 e. The molecule has 31 heavy (non-hydrogen) atoms. The lowest BCUT2D eigenvalue weighted by molar-refractivity contribution is 0.0782. The van der Waals surface area contributed by atoms with Crippen molar-refractivity contribution in [3.63, 3.8) is 0 Å². The van der Waals surface area contributed by atoms with E-state index in [1.165, 1.54) is 12.1 Å². The topological polar surface area (TPSA) is 65.3 Å². The highest BCUT2D eigenvalue weighted by Crippen LogP contribution is 2.33. The molecule has 0 saturated heterocycles. The van der Waals surface area contributed by atoms with E-state index < -0.39 is 0 Å². The number of hydrogen-bond donors (Lipinski definition) is 0. The number of aromatic nitrogens is 4. The van der Waals surface area contributed by atoms with E-state index in [9.17, 15) is 4.39 Å². The molecule has 2 aromatic heterocycles. The highest BCUT2D eigenvalue weighted by molar-refractivity contribution is 5.90. The molecule has 0 aliphatic carbocycles. The van der Waals surface area contributed by atoms with Gasteiger partial charge < -0.3 is 9.47 Å². The molecule has 0 amide bonds. The maximum Gasteiger partial charge on any atom is 0.234 e. The molecule has 0 saturated carbocycles. The Hall–Kier alpha value is -3.94. The number of anilines is 1. The maximum atomic E-state index is 13.5. The van der Waals surface area contributed by atoms with Crippen molar-refractivity contribution in [2.75, 3.05) is 11.7 Å². The number of hydrogen-bond acceptors (Lipinski definition) is 6. The molecule has 0 N–H and O–H groups in total. The van der Waals surface area contributed by atoms with Gasteiger partial charge in [-0.15, -0.1) is 0 Å². The summed E-state index contributed by atoms with van der Waals surface area (Å²) in [5, 5.41) is 4.55. The van der Waals surface area contributed by atoms with Crippen LogP contribution in [0.5, 0.6) is 0 Å². The van der Waals surface area contributed by atoms with Gasteiger partial charge in [-0.25, -0.2) is 14.4 Å². The van der Waals surface area contributed by atoms with Crippen LogP contribution in [0.4, 0.5) is 10.2 Å². The predicted molar refractivity (Wildman–Crippen MR) is 114 cm³/mol. The Morgan fingerprint density at radius 3 is 2.55 bits per heavy atom. The van der Waals surface area contributed by atoms with Crippen LogP contribution >= 0.6 is 0 Å². The molecule has 0 radical (unpaired) electrons. The Morgan fingerprint density at radius 2 is 1.84 bits per heavy atom. The van der Waals surface area contributed by atoms with Crippen LogP contribution in [-0.4, -0.2) is 26.5 Å². The summed E-state index contributed by atoms with van der Waals surface area (Å²) in [4.78, 5) is 11.6. The number of aryl methyl sites for hydroxylation is 2. The monoisotopic (exact) mass is 417 g/mol. The van der Waals surface area contributed by atoms with Gasteiger partial charge in [-0.3, -0.25) is 9.58 Å². The third-order valence-electron chi connectivity index (χ3n) is 5.10. The van der Waals surface area contributed by atoms with E-state index in [4.69, 9.17) is 19.4 Å². The minimum absolute atomic E-state index is 0.143. The maximum absolute atomic E-state index is 13.5. The Bertz CT molecular complexity index is 1270. The summed E-state index contributed by atoms with van der Waals surface area (Å²) in [6.07, 6.45) is 1.58. The molecule has 0 atom stereocenters. The summed E-state index contributed by atoms with van der Waals surface area (Å²) in [5.41, 5.74) is 4.07. The van der Waals surface area contributed by atoms with E-state index in [-0.39, 0.29) is 12.6 Å². The molecule has 1 aliphatic rings. The summed E-state index contributed by atoms with van der Waals surface area (Å²) < 4.78 is 26.3. The molecule has 8 heteroatoms. The standard InChI is InChI=1S/C23H20FN5O2/c1-15-20-21(28(2)27-15)23(26-22(25-20)17-8-10-18(24)11-9-17)29(19-13-30-14-31-19)12-16-6-4-3-5-7-16/h3-11,13H,12,14H2,1-2H3. The van der Waals surface area contributed by atoms with Crippen molar-refractivity contribution < 1.29 is 13.9 Å². The van der Waals surface area contributed by atoms with Crippen molar-refractivity contribution >= 4 is 16.9 Å². The Morgan fingerprint density at radius 1 is 1.06 bits per heavy atom. The second-order valence-electron chi connectivity index (χ2n) is 7.24. The molecular weight excluding hydrogens is 397 g/mol. The van der Waals surface area contributed by atoms with Gasteiger partial charge in [0, 0.05) is 12.6 Å². The smallest absolute Gasteiger partial charge is 0.234 e. The van der Waals surface area contributed by atoms with Gasteiger partial charge in [-0.2, -0.15) is 5.10 Å². The number of nitrogens with zero attached hydrogens (tertiary/aromatic N) is 5. The van der Waals surface area contributed by atoms with Gasteiger partial charge in [-0.1, -0.05) is 30.3 Å². The quantitative estimate of drug-likeness (QED) is 0.483. The zero-order valence-electron chi connectivity index (χ0n) is 17.1. The van der Waals surface area contributed by atoms with Crippen LogP contribution in [0.3, 0.4) is 0 Å². The lowest BCUT2D eigenvalue weighted by Crippen LogP contribution is -2.24. The van der Waals surface area contributed by atoms with Gasteiger partial charge in [0.25, 0.3) is 0 Å². The average Bonchev–Trinajstić information content (AvgIpc) is 3.41. The van der Waals surface area contributed by atoms with E-state index in [2.05, 4.69) is 5.10 Å². The summed E-state index contributed by atoms with van der Waals surface area (Å²) in [6, 6.07) is 16.2. The number of halogens is 1. The summed E-state index contributed by atoms with van der Waals surface area (Å²) in [6.45, 7) is 2.56. The zero-order chi connectivity index (χ0) is 21.4. The minimum atomic E-state index is -0.310.